The molecule has 3 heterocycles. The third kappa shape index (κ3) is 3.19. The number of hydrogen-bond donors (Lipinski definition) is 2. The highest BCUT2D eigenvalue weighted by atomic mass is 32.1. The van der Waals surface area contributed by atoms with Gasteiger partial charge in [-0.3, -0.25) is 9.59 Å². The van der Waals surface area contributed by atoms with E-state index < -0.39 is 5.91 Å². The van der Waals surface area contributed by atoms with Gasteiger partial charge in [-0.1, -0.05) is 11.3 Å². The predicted molar refractivity (Wildman–Crippen MR) is 105 cm³/mol. The van der Waals surface area contributed by atoms with E-state index in [4.69, 9.17) is 10.5 Å². The summed E-state index contributed by atoms with van der Waals surface area (Å²) < 4.78 is 10.4. The summed E-state index contributed by atoms with van der Waals surface area (Å²) in [6, 6.07) is 3.43. The van der Waals surface area contributed by atoms with Crippen molar-refractivity contribution in [3.63, 3.8) is 0 Å². The van der Waals surface area contributed by atoms with Crippen molar-refractivity contribution in [3.05, 3.63) is 40.0 Å². The molecule has 0 radical (unpaired) electrons. The number of amides is 2. The molecule has 0 bridgehead atoms. The number of anilines is 1. The maximum absolute atomic E-state index is 11.9. The first-order chi connectivity index (χ1) is 12.9. The number of primary amides is 1. The molecule has 1 aliphatic carbocycles. The Kier molecular flexibility index (Phi) is 4.40. The van der Waals surface area contributed by atoms with Crippen LogP contribution in [0.25, 0.3) is 10.4 Å². The van der Waals surface area contributed by atoms with Crippen molar-refractivity contribution in [1.82, 2.24) is 9.36 Å². The van der Waals surface area contributed by atoms with Crippen LogP contribution in [0.4, 0.5) is 5.82 Å². The Balaban J connectivity index is 1.76. The van der Waals surface area contributed by atoms with Gasteiger partial charge in [0.1, 0.15) is 11.6 Å². The summed E-state index contributed by atoms with van der Waals surface area (Å²) in [5, 5.41) is 3.26. The summed E-state index contributed by atoms with van der Waals surface area (Å²) in [5.74, 6) is 0.380. The first-order valence-electron chi connectivity index (χ1n) is 8.26. The second-order valence-electron chi connectivity index (χ2n) is 6.18. The monoisotopic (exact) mass is 400 g/mol. The highest BCUT2D eigenvalue weighted by molar-refractivity contribution is 7.17. The van der Waals surface area contributed by atoms with E-state index in [0.717, 1.165) is 34.4 Å². The molecule has 0 fully saturated rings. The molecule has 0 atom stereocenters. The van der Waals surface area contributed by atoms with E-state index in [2.05, 4.69) is 14.7 Å². The lowest BCUT2D eigenvalue weighted by atomic mass is 9.93. The maximum atomic E-state index is 11.9. The van der Waals surface area contributed by atoms with E-state index in [-0.39, 0.29) is 5.91 Å². The number of pyridine rings is 1. The fourth-order valence-electron chi connectivity index (χ4n) is 3.09. The Labute approximate surface area is 163 Å². The zero-order valence-corrected chi connectivity index (χ0v) is 16.3. The van der Waals surface area contributed by atoms with Crippen LogP contribution in [-0.2, 0) is 17.6 Å². The van der Waals surface area contributed by atoms with E-state index in [9.17, 15) is 9.59 Å². The lowest BCUT2D eigenvalue weighted by Crippen LogP contribution is -2.12. The first kappa shape index (κ1) is 17.6. The molecular formula is C18H16N4O3S2. The number of aryl methyl sites for hydroxylation is 2. The molecule has 0 spiro atoms. The second-order valence-corrected chi connectivity index (χ2v) is 7.96. The lowest BCUT2D eigenvalue weighted by molar-refractivity contribution is -0.114. The van der Waals surface area contributed by atoms with Crippen LogP contribution < -0.4 is 15.8 Å². The summed E-state index contributed by atoms with van der Waals surface area (Å²) in [7, 11) is 0. The number of carbonyl (C=O) groups excluding carboxylic acids is 2. The van der Waals surface area contributed by atoms with Crippen molar-refractivity contribution in [2.24, 2.45) is 5.73 Å². The molecule has 0 unspecified atom stereocenters. The van der Waals surface area contributed by atoms with Gasteiger partial charge >= 0.3 is 0 Å². The SMILES string of the molecule is CC(=O)Nc1ccc(Oc2sc(C(N)=O)c3c2-c2sncc2CC3)c(C)n1. The molecule has 4 rings (SSSR count). The molecule has 0 saturated heterocycles. The fraction of sp³-hybridized carbons (Fsp3) is 0.222. The van der Waals surface area contributed by atoms with Crippen LogP contribution in [0.15, 0.2) is 18.3 Å². The summed E-state index contributed by atoms with van der Waals surface area (Å²) in [6.45, 7) is 3.23. The molecule has 7 nitrogen and oxygen atoms in total. The zero-order valence-electron chi connectivity index (χ0n) is 14.7. The van der Waals surface area contributed by atoms with Crippen molar-refractivity contribution >= 4 is 40.5 Å². The van der Waals surface area contributed by atoms with Gasteiger partial charge in [-0.2, -0.15) is 0 Å². The molecule has 0 aromatic carbocycles. The topological polar surface area (TPSA) is 107 Å². The summed E-state index contributed by atoms with van der Waals surface area (Å²) in [4.78, 5) is 29.0. The highest BCUT2D eigenvalue weighted by Gasteiger charge is 2.30. The van der Waals surface area contributed by atoms with Gasteiger partial charge < -0.3 is 15.8 Å². The normalized spacial score (nSPS) is 12.2. The molecule has 0 aliphatic heterocycles. The Morgan fingerprint density at radius 3 is 2.81 bits per heavy atom. The second kappa shape index (κ2) is 6.75. The number of ether oxygens (including phenoxy) is 1. The smallest absolute Gasteiger partial charge is 0.259 e. The van der Waals surface area contributed by atoms with E-state index in [1.54, 1.807) is 19.1 Å². The maximum Gasteiger partial charge on any atom is 0.259 e. The highest BCUT2D eigenvalue weighted by Crippen LogP contribution is 2.50. The van der Waals surface area contributed by atoms with Gasteiger partial charge in [0.25, 0.3) is 5.91 Å². The predicted octanol–water partition coefficient (Wildman–Crippen LogP) is 3.52. The first-order valence-corrected chi connectivity index (χ1v) is 9.85. The fourth-order valence-corrected chi connectivity index (χ4v) is 5.09. The van der Waals surface area contributed by atoms with Crippen LogP contribution >= 0.6 is 22.9 Å². The van der Waals surface area contributed by atoms with Crippen LogP contribution in [0.2, 0.25) is 0 Å². The van der Waals surface area contributed by atoms with Crippen molar-refractivity contribution in [1.29, 1.82) is 0 Å². The molecule has 1 aliphatic rings. The molecule has 0 saturated carbocycles. The van der Waals surface area contributed by atoms with Crippen LogP contribution in [0, 0.1) is 6.92 Å². The zero-order chi connectivity index (χ0) is 19.1. The molecule has 2 amide bonds. The number of nitrogens with zero attached hydrogens (tertiary/aromatic N) is 2. The number of nitrogens with two attached hydrogens (primary N) is 1. The minimum Gasteiger partial charge on any atom is -0.444 e. The number of thiophene rings is 1. The molecule has 3 aromatic heterocycles. The number of hydrogen-bond acceptors (Lipinski definition) is 7. The number of nitrogens with one attached hydrogen (secondary N) is 1. The average Bonchev–Trinajstić information content (AvgIpc) is 3.20. The van der Waals surface area contributed by atoms with Gasteiger partial charge in [-0.15, -0.1) is 0 Å². The van der Waals surface area contributed by atoms with Crippen LogP contribution in [0.1, 0.15) is 33.4 Å². The van der Waals surface area contributed by atoms with E-state index in [1.807, 2.05) is 6.20 Å². The molecule has 138 valence electrons. The van der Waals surface area contributed by atoms with Crippen molar-refractivity contribution in [2.75, 3.05) is 5.32 Å². The Hall–Kier alpha value is -2.78. The van der Waals surface area contributed by atoms with Gasteiger partial charge in [-0.05, 0) is 54.6 Å². The third-order valence-electron chi connectivity index (χ3n) is 4.26. The Morgan fingerprint density at radius 2 is 2.11 bits per heavy atom. The average molecular weight is 400 g/mol. The van der Waals surface area contributed by atoms with Crippen molar-refractivity contribution in [2.45, 2.75) is 26.7 Å². The molecular weight excluding hydrogens is 384 g/mol. The number of carbonyl (C=O) groups is 2. The van der Waals surface area contributed by atoms with Gasteiger partial charge in [-0.25, -0.2) is 9.36 Å². The van der Waals surface area contributed by atoms with E-state index in [1.165, 1.54) is 29.8 Å². The molecule has 3 aromatic rings. The van der Waals surface area contributed by atoms with Crippen LogP contribution in [0.3, 0.4) is 0 Å². The number of rotatable bonds is 4. The van der Waals surface area contributed by atoms with Crippen molar-refractivity contribution < 1.29 is 14.3 Å². The van der Waals surface area contributed by atoms with Gasteiger partial charge in [0, 0.05) is 13.1 Å². The molecule has 9 heteroatoms. The standard InChI is InChI=1S/C18H16N4O3S2/c1-8-12(5-6-13(21-8)22-9(2)23)25-18-14-11(16(26-18)17(19)24)4-3-10-7-20-27-15(10)14/h5-7H,3-4H2,1-2H3,(H2,19,24)(H,21,22,23). The van der Waals surface area contributed by atoms with Gasteiger partial charge in [0.05, 0.1) is 21.0 Å². The van der Waals surface area contributed by atoms with E-state index >= 15 is 0 Å². The Bertz CT molecular complexity index is 1070. The van der Waals surface area contributed by atoms with Gasteiger partial charge in [0.15, 0.2) is 5.06 Å². The number of fused-ring (bicyclic) bond motifs is 3. The van der Waals surface area contributed by atoms with E-state index in [0.29, 0.717) is 27.2 Å². The minimum atomic E-state index is -0.449. The molecule has 27 heavy (non-hydrogen) atoms. The Morgan fingerprint density at radius 1 is 1.30 bits per heavy atom. The summed E-state index contributed by atoms with van der Waals surface area (Å²) in [6.07, 6.45) is 3.43. The third-order valence-corrected chi connectivity index (χ3v) is 6.24. The lowest BCUT2D eigenvalue weighted by Gasteiger charge is -2.14. The van der Waals surface area contributed by atoms with Crippen molar-refractivity contribution in [3.8, 4) is 21.3 Å². The summed E-state index contributed by atoms with van der Waals surface area (Å²) in [5.41, 5.74) is 9.21. The summed E-state index contributed by atoms with van der Waals surface area (Å²) >= 11 is 2.65. The minimum absolute atomic E-state index is 0.188. The van der Waals surface area contributed by atoms with Gasteiger partial charge in [0.2, 0.25) is 5.91 Å². The number of aromatic nitrogens is 2. The van der Waals surface area contributed by atoms with Crippen LogP contribution in [0.5, 0.6) is 10.8 Å². The quantitative estimate of drug-likeness (QED) is 0.697. The molecule has 3 N–H and O–H groups in total. The van der Waals surface area contributed by atoms with Crippen LogP contribution in [-0.4, -0.2) is 21.2 Å². The largest absolute Gasteiger partial charge is 0.444 e.